The van der Waals surface area contributed by atoms with Crippen LogP contribution in [0.1, 0.15) is 32.8 Å². The highest BCUT2D eigenvalue weighted by Crippen LogP contribution is 2.43. The Hall–Kier alpha value is -2.95. The third kappa shape index (κ3) is 4.39. The number of carbonyl (C=O) groups is 1. The summed E-state index contributed by atoms with van der Waals surface area (Å²) in [5, 5.41) is 9.74. The summed E-state index contributed by atoms with van der Waals surface area (Å²) in [5.74, 6) is 0.565. The van der Waals surface area contributed by atoms with Crippen molar-refractivity contribution in [2.45, 2.75) is 44.9 Å². The number of likely N-dealkylation sites (N-methyl/N-ethyl adjacent to an activating group) is 1. The standard InChI is InChI=1S/C21H29N5O3/c1-21(2,3)29-20(27)26-10-9-18-17(12-26)25(6)16-8-7-15(23-13-24(4)5)14(11-22)19(16)28-18/h7-8,13,17-18H,9-10,12H2,1-6H3/b23-13+/t17-,18-/m1/s1. The molecule has 0 spiro atoms. The summed E-state index contributed by atoms with van der Waals surface area (Å²) in [4.78, 5) is 22.5. The van der Waals surface area contributed by atoms with Crippen LogP contribution in [-0.4, -0.2) is 74.2 Å². The minimum Gasteiger partial charge on any atom is -0.484 e. The maximum absolute atomic E-state index is 12.5. The van der Waals surface area contributed by atoms with E-state index < -0.39 is 5.60 Å². The Balaban J connectivity index is 1.86. The first-order valence-corrected chi connectivity index (χ1v) is 9.76. The molecule has 2 heterocycles. The average molecular weight is 399 g/mol. The maximum Gasteiger partial charge on any atom is 0.410 e. The van der Waals surface area contributed by atoms with Gasteiger partial charge in [-0.3, -0.25) is 0 Å². The predicted molar refractivity (Wildman–Crippen MR) is 112 cm³/mol. The van der Waals surface area contributed by atoms with Crippen LogP contribution in [0.3, 0.4) is 0 Å². The van der Waals surface area contributed by atoms with Crippen molar-refractivity contribution < 1.29 is 14.3 Å². The van der Waals surface area contributed by atoms with E-state index in [2.05, 4.69) is 16.0 Å². The van der Waals surface area contributed by atoms with Crippen molar-refractivity contribution in [1.82, 2.24) is 9.80 Å². The molecule has 0 radical (unpaired) electrons. The highest BCUT2D eigenvalue weighted by molar-refractivity contribution is 5.77. The normalized spacial score (nSPS) is 21.1. The first kappa shape index (κ1) is 20.8. The first-order chi connectivity index (χ1) is 13.6. The van der Waals surface area contributed by atoms with Gasteiger partial charge in [-0.15, -0.1) is 0 Å². The topological polar surface area (TPSA) is 81.4 Å². The monoisotopic (exact) mass is 399 g/mol. The lowest BCUT2D eigenvalue weighted by Crippen LogP contribution is -2.59. The number of fused-ring (bicyclic) bond motifs is 2. The van der Waals surface area contributed by atoms with Gasteiger partial charge in [-0.2, -0.15) is 5.26 Å². The number of ether oxygens (including phenoxy) is 2. The Morgan fingerprint density at radius 3 is 2.76 bits per heavy atom. The Morgan fingerprint density at radius 2 is 2.14 bits per heavy atom. The zero-order chi connectivity index (χ0) is 21.3. The van der Waals surface area contributed by atoms with Crippen molar-refractivity contribution in [3.8, 4) is 11.8 Å². The molecular formula is C21H29N5O3. The summed E-state index contributed by atoms with van der Waals surface area (Å²) in [7, 11) is 5.73. The fourth-order valence-corrected chi connectivity index (χ4v) is 3.59. The lowest BCUT2D eigenvalue weighted by Gasteiger charge is -2.47. The molecule has 1 fully saturated rings. The van der Waals surface area contributed by atoms with Crippen LogP contribution in [0.25, 0.3) is 0 Å². The first-order valence-electron chi connectivity index (χ1n) is 9.76. The van der Waals surface area contributed by atoms with Gasteiger partial charge in [0.1, 0.15) is 23.3 Å². The molecule has 1 amide bonds. The minimum absolute atomic E-state index is 0.00793. The van der Waals surface area contributed by atoms with Crippen LogP contribution in [0.2, 0.25) is 0 Å². The Labute approximate surface area is 172 Å². The molecule has 0 aliphatic carbocycles. The highest BCUT2D eigenvalue weighted by atomic mass is 16.6. The third-order valence-electron chi connectivity index (χ3n) is 4.97. The number of nitriles is 1. The van der Waals surface area contributed by atoms with Crippen molar-refractivity contribution in [2.75, 3.05) is 39.1 Å². The van der Waals surface area contributed by atoms with Gasteiger partial charge >= 0.3 is 6.09 Å². The molecule has 2 aliphatic rings. The summed E-state index contributed by atoms with van der Waals surface area (Å²) < 4.78 is 11.8. The number of aliphatic imine (C=N–C) groups is 1. The molecule has 3 rings (SSSR count). The van der Waals surface area contributed by atoms with Crippen LogP contribution in [0.4, 0.5) is 16.2 Å². The van der Waals surface area contributed by atoms with Crippen LogP contribution < -0.4 is 9.64 Å². The van der Waals surface area contributed by atoms with E-state index in [9.17, 15) is 10.1 Å². The summed E-state index contributed by atoms with van der Waals surface area (Å²) in [5.41, 5.74) is 1.32. The Bertz CT molecular complexity index is 853. The van der Waals surface area contributed by atoms with Gasteiger partial charge < -0.3 is 24.2 Å². The number of carbonyl (C=O) groups excluding carboxylic acids is 1. The van der Waals surface area contributed by atoms with E-state index in [1.54, 1.807) is 11.2 Å². The molecule has 8 nitrogen and oxygen atoms in total. The number of benzene rings is 1. The van der Waals surface area contributed by atoms with Gasteiger partial charge in [0.15, 0.2) is 5.75 Å². The van der Waals surface area contributed by atoms with Crippen LogP contribution in [-0.2, 0) is 4.74 Å². The lowest BCUT2D eigenvalue weighted by molar-refractivity contribution is 0.00612. The van der Waals surface area contributed by atoms with Crippen molar-refractivity contribution in [3.63, 3.8) is 0 Å². The maximum atomic E-state index is 12.5. The van der Waals surface area contributed by atoms with Crippen LogP contribution in [0.5, 0.6) is 5.75 Å². The highest BCUT2D eigenvalue weighted by Gasteiger charge is 2.41. The van der Waals surface area contributed by atoms with Gasteiger partial charge in [0, 0.05) is 40.7 Å². The average Bonchev–Trinajstić information content (AvgIpc) is 2.64. The number of piperidine rings is 1. The minimum atomic E-state index is -0.527. The zero-order valence-electron chi connectivity index (χ0n) is 18.0. The lowest BCUT2D eigenvalue weighted by atomic mass is 9.97. The second-order valence-electron chi connectivity index (χ2n) is 8.68. The SMILES string of the molecule is CN(C)/C=N/c1ccc2c(c1C#N)O[C@@H]1CCN(C(=O)OC(C)(C)C)C[C@H]1N2C. The molecule has 29 heavy (non-hydrogen) atoms. The van der Waals surface area contributed by atoms with Crippen LogP contribution >= 0.6 is 0 Å². The van der Waals surface area contributed by atoms with E-state index in [0.29, 0.717) is 36.5 Å². The number of nitrogens with zero attached hydrogens (tertiary/aromatic N) is 5. The fraction of sp³-hybridized carbons (Fsp3) is 0.571. The summed E-state index contributed by atoms with van der Waals surface area (Å²) in [6.07, 6.45) is 1.92. The molecule has 1 aromatic carbocycles. The molecule has 2 aliphatic heterocycles. The van der Waals surface area contributed by atoms with Gasteiger partial charge in [-0.25, -0.2) is 9.79 Å². The van der Waals surface area contributed by atoms with E-state index in [-0.39, 0.29) is 18.2 Å². The number of rotatable bonds is 2. The zero-order valence-corrected chi connectivity index (χ0v) is 18.0. The molecule has 8 heteroatoms. The third-order valence-corrected chi connectivity index (χ3v) is 4.97. The van der Waals surface area contributed by atoms with Gasteiger partial charge in [-0.1, -0.05) is 0 Å². The summed E-state index contributed by atoms with van der Waals surface area (Å²) in [6.45, 7) is 6.66. The Kier molecular flexibility index (Phi) is 5.60. The molecule has 0 bridgehead atoms. The van der Waals surface area contributed by atoms with E-state index in [1.165, 1.54) is 0 Å². The van der Waals surface area contributed by atoms with E-state index in [4.69, 9.17) is 9.47 Å². The largest absolute Gasteiger partial charge is 0.484 e. The number of likely N-dealkylation sites (tertiary alicyclic amines) is 1. The van der Waals surface area contributed by atoms with Crippen molar-refractivity contribution >= 4 is 23.8 Å². The smallest absolute Gasteiger partial charge is 0.410 e. The van der Waals surface area contributed by atoms with Crippen molar-refractivity contribution in [1.29, 1.82) is 5.26 Å². The molecule has 1 aromatic rings. The summed E-state index contributed by atoms with van der Waals surface area (Å²) >= 11 is 0. The van der Waals surface area contributed by atoms with Gasteiger partial charge in [0.25, 0.3) is 0 Å². The molecule has 0 saturated carbocycles. The number of hydrogen-bond acceptors (Lipinski definition) is 6. The number of amides is 1. The number of hydrogen-bond donors (Lipinski definition) is 0. The predicted octanol–water partition coefficient (Wildman–Crippen LogP) is 2.99. The molecular weight excluding hydrogens is 370 g/mol. The molecule has 0 aromatic heterocycles. The number of anilines is 1. The second kappa shape index (κ2) is 7.82. The van der Waals surface area contributed by atoms with Crippen molar-refractivity contribution in [3.05, 3.63) is 17.7 Å². The van der Waals surface area contributed by atoms with Gasteiger partial charge in [-0.05, 0) is 32.9 Å². The van der Waals surface area contributed by atoms with E-state index >= 15 is 0 Å². The Morgan fingerprint density at radius 1 is 1.41 bits per heavy atom. The van der Waals surface area contributed by atoms with Crippen LogP contribution in [0, 0.1) is 11.3 Å². The molecule has 1 saturated heterocycles. The van der Waals surface area contributed by atoms with Crippen molar-refractivity contribution in [2.24, 2.45) is 4.99 Å². The van der Waals surface area contributed by atoms with Gasteiger partial charge in [0.2, 0.25) is 0 Å². The second-order valence-corrected chi connectivity index (χ2v) is 8.68. The van der Waals surface area contributed by atoms with Crippen LogP contribution in [0.15, 0.2) is 17.1 Å². The molecule has 0 unspecified atom stereocenters. The molecule has 156 valence electrons. The summed E-state index contributed by atoms with van der Waals surface area (Å²) in [6, 6.07) is 5.98. The van der Waals surface area contributed by atoms with E-state index in [1.807, 2.05) is 58.9 Å². The van der Waals surface area contributed by atoms with E-state index in [0.717, 1.165) is 5.69 Å². The van der Waals surface area contributed by atoms with Gasteiger partial charge in [0.05, 0.1) is 23.8 Å². The fourth-order valence-electron chi connectivity index (χ4n) is 3.59. The quantitative estimate of drug-likeness (QED) is 0.562. The molecule has 0 N–H and O–H groups in total. The molecule has 2 atom stereocenters.